The molecule has 266 valence electrons. The molecule has 4 heterocycles. The van der Waals surface area contributed by atoms with Crippen molar-refractivity contribution in [2.24, 2.45) is 0 Å². The fourth-order valence-electron chi connectivity index (χ4n) is 8.22. The summed E-state index contributed by atoms with van der Waals surface area (Å²) in [6, 6.07) is 50.0. The summed E-state index contributed by atoms with van der Waals surface area (Å²) in [6.07, 6.45) is 0. The molecule has 0 N–H and O–H groups in total. The molecule has 4 nitrogen and oxygen atoms in total. The second-order valence-corrected chi connectivity index (χ2v) is 16.1. The molecule has 12 aromatic rings. The fraction of sp³-hybridized carbons (Fsp3) is 0. The van der Waals surface area contributed by atoms with Crippen LogP contribution in [0.3, 0.4) is 0 Å². The summed E-state index contributed by atoms with van der Waals surface area (Å²) in [4.78, 5) is 15.5. The lowest BCUT2D eigenvalue weighted by Gasteiger charge is -2.13. The van der Waals surface area contributed by atoms with E-state index < -0.39 is 6.04 Å². The van der Waals surface area contributed by atoms with Gasteiger partial charge < -0.3 is 4.57 Å². The van der Waals surface area contributed by atoms with Crippen LogP contribution >= 0.6 is 22.7 Å². The zero-order valence-corrected chi connectivity index (χ0v) is 31.7. The molecule has 0 amide bonds. The molecule has 0 atom stereocenters. The Morgan fingerprint density at radius 3 is 1.86 bits per heavy atom. The van der Waals surface area contributed by atoms with Gasteiger partial charge in [-0.25, -0.2) is 15.0 Å². The van der Waals surface area contributed by atoms with Gasteiger partial charge in [0.2, 0.25) is 0 Å². The molecule has 0 radical (unpaired) electrons. The first kappa shape index (κ1) is 27.6. The van der Waals surface area contributed by atoms with Gasteiger partial charge in [-0.15, -0.1) is 22.7 Å². The SMILES string of the molecule is [2H]c1c([2H])c([2H])c(-c2cccc3c2sc2c(-c4nc(-c5ccccc5)nc(-c5ccccc5)n4)cc(-n4c5ccccc5c5ccc6sc7ccccc7c6c54)cc23)c([2H])c1[2H]. The number of nitrogens with zero attached hydrogens (tertiary/aromatic N) is 4. The van der Waals surface area contributed by atoms with Crippen LogP contribution in [0.25, 0.3) is 113 Å². The Morgan fingerprint density at radius 2 is 1.09 bits per heavy atom. The minimum Gasteiger partial charge on any atom is -0.309 e. The lowest BCUT2D eigenvalue weighted by molar-refractivity contribution is 1.07. The van der Waals surface area contributed by atoms with Crippen LogP contribution in [-0.4, -0.2) is 19.5 Å². The van der Waals surface area contributed by atoms with Crippen molar-refractivity contribution in [2.45, 2.75) is 0 Å². The Balaban J connectivity index is 1.24. The average molecular weight is 768 g/mol. The van der Waals surface area contributed by atoms with Crippen LogP contribution in [-0.2, 0) is 0 Å². The maximum atomic E-state index is 8.96. The van der Waals surface area contributed by atoms with E-state index in [1.807, 2.05) is 72.8 Å². The van der Waals surface area contributed by atoms with Gasteiger partial charge in [0.25, 0.3) is 0 Å². The molecule has 0 fully saturated rings. The molecule has 0 saturated heterocycles. The first-order valence-electron chi connectivity index (χ1n) is 21.1. The van der Waals surface area contributed by atoms with Crippen LogP contribution < -0.4 is 0 Å². The maximum absolute atomic E-state index is 8.96. The minimum atomic E-state index is -0.420. The molecule has 0 spiro atoms. The smallest absolute Gasteiger partial charge is 0.165 e. The summed E-state index contributed by atoms with van der Waals surface area (Å²) in [5, 5.41) is 6.50. The van der Waals surface area contributed by atoms with Gasteiger partial charge in [-0.1, -0.05) is 152 Å². The van der Waals surface area contributed by atoms with E-state index in [-0.39, 0.29) is 29.7 Å². The Bertz CT molecular complexity index is 3740. The highest BCUT2D eigenvalue weighted by molar-refractivity contribution is 7.27. The molecule has 6 heteroatoms. The molecule has 4 aromatic heterocycles. The largest absolute Gasteiger partial charge is 0.309 e. The normalized spacial score (nSPS) is 13.1. The van der Waals surface area contributed by atoms with Crippen molar-refractivity contribution in [1.82, 2.24) is 19.5 Å². The Hall–Kier alpha value is -6.99. The number of hydrogen-bond donors (Lipinski definition) is 0. The summed E-state index contributed by atoms with van der Waals surface area (Å²) in [5.74, 6) is 1.57. The second kappa shape index (κ2) is 12.8. The molecule has 0 saturated carbocycles. The van der Waals surface area contributed by atoms with Gasteiger partial charge in [-0.2, -0.15) is 0 Å². The van der Waals surface area contributed by atoms with E-state index in [4.69, 9.17) is 21.8 Å². The van der Waals surface area contributed by atoms with Crippen LogP contribution in [0.4, 0.5) is 0 Å². The highest BCUT2D eigenvalue weighted by Gasteiger charge is 2.23. The summed E-state index contributed by atoms with van der Waals surface area (Å²) in [5.41, 5.74) is 6.32. The van der Waals surface area contributed by atoms with Gasteiger partial charge in [0, 0.05) is 73.5 Å². The molecular weight excluding hydrogens is 733 g/mol. The average Bonchev–Trinajstić information content (AvgIpc) is 4.00. The highest BCUT2D eigenvalue weighted by Crippen LogP contribution is 2.47. The summed E-state index contributed by atoms with van der Waals surface area (Å²) in [7, 11) is 0. The van der Waals surface area contributed by atoms with Gasteiger partial charge in [0.15, 0.2) is 17.5 Å². The van der Waals surface area contributed by atoms with Gasteiger partial charge in [-0.3, -0.25) is 0 Å². The van der Waals surface area contributed by atoms with Crippen LogP contribution in [0.15, 0.2) is 182 Å². The number of aromatic nitrogens is 4. The van der Waals surface area contributed by atoms with Crippen molar-refractivity contribution in [3.05, 3.63) is 182 Å². The van der Waals surface area contributed by atoms with E-state index in [0.29, 0.717) is 23.0 Å². The summed E-state index contributed by atoms with van der Waals surface area (Å²) in [6.45, 7) is 0. The van der Waals surface area contributed by atoms with Crippen LogP contribution in [0, 0.1) is 0 Å². The van der Waals surface area contributed by atoms with Gasteiger partial charge >= 0.3 is 0 Å². The number of thiophene rings is 2. The van der Waals surface area contributed by atoms with Crippen molar-refractivity contribution >= 4 is 84.8 Å². The fourth-order valence-corrected chi connectivity index (χ4v) is 10.6. The quantitative estimate of drug-likeness (QED) is 0.175. The molecule has 0 unspecified atom stereocenters. The zero-order chi connectivity index (χ0) is 41.8. The molecule has 0 aliphatic carbocycles. The number of fused-ring (bicyclic) bond motifs is 10. The predicted octanol–water partition coefficient (Wildman–Crippen LogP) is 14.4. The van der Waals surface area contributed by atoms with E-state index in [1.54, 1.807) is 11.3 Å². The van der Waals surface area contributed by atoms with E-state index >= 15 is 0 Å². The zero-order valence-electron chi connectivity index (χ0n) is 35.0. The summed E-state index contributed by atoms with van der Waals surface area (Å²) >= 11 is 3.31. The van der Waals surface area contributed by atoms with Crippen molar-refractivity contribution in [3.8, 4) is 51.0 Å². The van der Waals surface area contributed by atoms with E-state index in [9.17, 15) is 0 Å². The second-order valence-electron chi connectivity index (χ2n) is 14.0. The van der Waals surface area contributed by atoms with Gasteiger partial charge in [0.05, 0.1) is 17.9 Å². The molecular formula is C51H30N4S2. The minimum absolute atomic E-state index is 0.168. The lowest BCUT2D eigenvalue weighted by Crippen LogP contribution is -2.01. The maximum Gasteiger partial charge on any atom is 0.165 e. The molecule has 0 bridgehead atoms. The first-order chi connectivity index (χ1) is 30.3. The molecule has 0 aliphatic heterocycles. The number of hydrogen-bond acceptors (Lipinski definition) is 5. The van der Waals surface area contributed by atoms with Crippen molar-refractivity contribution in [1.29, 1.82) is 0 Å². The van der Waals surface area contributed by atoms with Gasteiger partial charge in [-0.05, 0) is 41.5 Å². The Labute approximate surface area is 342 Å². The van der Waals surface area contributed by atoms with Gasteiger partial charge in [0.1, 0.15) is 0 Å². The highest BCUT2D eigenvalue weighted by atomic mass is 32.1. The van der Waals surface area contributed by atoms with Crippen LogP contribution in [0.5, 0.6) is 0 Å². The number of benzene rings is 8. The molecule has 8 aromatic carbocycles. The topological polar surface area (TPSA) is 43.6 Å². The van der Waals surface area contributed by atoms with E-state index in [1.165, 1.54) is 31.5 Å². The van der Waals surface area contributed by atoms with Crippen molar-refractivity contribution in [2.75, 3.05) is 0 Å². The lowest BCUT2D eigenvalue weighted by atomic mass is 10.0. The summed E-state index contributed by atoms with van der Waals surface area (Å²) < 4.78 is 49.8. The van der Waals surface area contributed by atoms with Crippen molar-refractivity contribution < 1.29 is 6.85 Å². The molecule has 57 heavy (non-hydrogen) atoms. The first-order valence-corrected chi connectivity index (χ1v) is 20.2. The molecule has 12 rings (SSSR count). The third-order valence-corrected chi connectivity index (χ3v) is 13.1. The third kappa shape index (κ3) is 5.08. The van der Waals surface area contributed by atoms with Crippen LogP contribution in [0.1, 0.15) is 6.85 Å². The Kier molecular flexibility index (Phi) is 6.18. The van der Waals surface area contributed by atoms with Crippen LogP contribution in [0.2, 0.25) is 0 Å². The number of rotatable bonds is 5. The Morgan fingerprint density at radius 1 is 0.439 bits per heavy atom. The van der Waals surface area contributed by atoms with Crippen molar-refractivity contribution in [3.63, 3.8) is 0 Å². The van der Waals surface area contributed by atoms with E-state index in [2.05, 4.69) is 83.4 Å². The van der Waals surface area contributed by atoms with E-state index in [0.717, 1.165) is 64.4 Å². The predicted molar refractivity (Wildman–Crippen MR) is 242 cm³/mol. The standard InChI is InChI=1S/C51H30N4S2/c1-4-15-31(16-5-1)35-23-14-24-38-40-29-34(55-42-25-12-10-21-36(42)37-27-28-44-45(46(37)55)39-22-11-13-26-43(39)56-44)30-41(48(40)57-47(35)38)51-53-49(32-17-6-2-7-18-32)52-50(54-51)33-19-8-3-9-20-33/h1-30H/i1D,4D,5D,15D,16D. The third-order valence-electron chi connectivity index (χ3n) is 10.7. The number of para-hydroxylation sites is 1. The monoisotopic (exact) mass is 767 g/mol. The molecule has 0 aliphatic rings.